The number of phenolic OH excluding ortho intramolecular Hbond substituents is 1. The van der Waals surface area contributed by atoms with Crippen molar-refractivity contribution in [2.24, 2.45) is 4.99 Å². The molecule has 0 saturated heterocycles. The maximum atomic E-state index is 13.1. The van der Waals surface area contributed by atoms with Gasteiger partial charge in [0.25, 0.3) is 5.91 Å². The van der Waals surface area contributed by atoms with E-state index in [0.29, 0.717) is 5.69 Å². The van der Waals surface area contributed by atoms with Crippen LogP contribution in [-0.2, 0) is 0 Å². The van der Waals surface area contributed by atoms with Crippen molar-refractivity contribution in [1.29, 1.82) is 0 Å². The summed E-state index contributed by atoms with van der Waals surface area (Å²) in [5.74, 6) is -0.0472. The molecular formula is C25H20N4O5. The van der Waals surface area contributed by atoms with E-state index in [2.05, 4.69) is 15.4 Å². The number of nitrogens with zero attached hydrogens (tertiary/aromatic N) is 3. The Bertz CT molecular complexity index is 1470. The van der Waals surface area contributed by atoms with Crippen molar-refractivity contribution in [3.05, 3.63) is 99.7 Å². The van der Waals surface area contributed by atoms with E-state index in [-0.39, 0.29) is 46.3 Å². The van der Waals surface area contributed by atoms with Crippen molar-refractivity contribution in [1.82, 2.24) is 9.78 Å². The van der Waals surface area contributed by atoms with Crippen LogP contribution in [0.25, 0.3) is 0 Å². The smallest absolute Gasteiger partial charge is 0.348 e. The van der Waals surface area contributed by atoms with E-state index in [9.17, 15) is 19.8 Å². The van der Waals surface area contributed by atoms with Gasteiger partial charge in [0, 0.05) is 18.2 Å². The highest BCUT2D eigenvalue weighted by molar-refractivity contribution is 6.10. The van der Waals surface area contributed by atoms with Crippen molar-refractivity contribution < 1.29 is 19.4 Å². The van der Waals surface area contributed by atoms with E-state index >= 15 is 0 Å². The van der Waals surface area contributed by atoms with Gasteiger partial charge in [-0.3, -0.25) is 4.79 Å². The lowest BCUT2D eigenvalue weighted by Crippen LogP contribution is -2.25. The molecule has 9 nitrogen and oxygen atoms in total. The Morgan fingerprint density at radius 2 is 1.85 bits per heavy atom. The lowest BCUT2D eigenvalue weighted by atomic mass is 9.96. The lowest BCUT2D eigenvalue weighted by molar-refractivity contribution is 0.102. The van der Waals surface area contributed by atoms with Crippen LogP contribution in [0.4, 0.5) is 11.5 Å². The second-order valence-electron chi connectivity index (χ2n) is 7.92. The van der Waals surface area contributed by atoms with Crippen molar-refractivity contribution in [3.63, 3.8) is 0 Å². The molecule has 34 heavy (non-hydrogen) atoms. The largest absolute Gasteiger partial charge is 0.508 e. The first kappa shape index (κ1) is 21.2. The number of hydrogen-bond donors (Lipinski definition) is 3. The summed E-state index contributed by atoms with van der Waals surface area (Å²) in [6.45, 7) is 1.56. The average molecular weight is 456 g/mol. The number of rotatable bonds is 4. The molecule has 3 heterocycles. The maximum Gasteiger partial charge on any atom is 0.348 e. The molecule has 1 aliphatic heterocycles. The molecule has 0 unspecified atom stereocenters. The van der Waals surface area contributed by atoms with Gasteiger partial charge in [-0.25, -0.2) is 14.5 Å². The van der Waals surface area contributed by atoms with E-state index in [4.69, 9.17) is 4.42 Å². The van der Waals surface area contributed by atoms with Crippen LogP contribution >= 0.6 is 0 Å². The number of aryl methyl sites for hydroxylation is 1. The van der Waals surface area contributed by atoms with Crippen LogP contribution in [0.15, 0.2) is 81.1 Å². The van der Waals surface area contributed by atoms with Gasteiger partial charge in [-0.2, -0.15) is 5.10 Å². The Morgan fingerprint density at radius 1 is 1.12 bits per heavy atom. The molecule has 2 aromatic carbocycles. The summed E-state index contributed by atoms with van der Waals surface area (Å²) in [7, 11) is 0. The topological polar surface area (TPSA) is 130 Å². The van der Waals surface area contributed by atoms with Crippen LogP contribution in [0, 0.1) is 6.92 Å². The molecule has 0 radical (unpaired) electrons. The highest BCUT2D eigenvalue weighted by Crippen LogP contribution is 2.37. The molecule has 0 fully saturated rings. The average Bonchev–Trinajstić information content (AvgIpc) is 3.23. The second-order valence-corrected chi connectivity index (χ2v) is 7.92. The number of aliphatic imine (C=N–C) groups is 1. The number of benzene rings is 2. The Labute approximate surface area is 193 Å². The molecule has 4 aromatic rings. The predicted octanol–water partition coefficient (Wildman–Crippen LogP) is 3.92. The molecule has 0 spiro atoms. The van der Waals surface area contributed by atoms with E-state index < -0.39 is 17.6 Å². The standard InChI is InChI=1S/C25H20N4O5/c1-14-11-21(31)22(25(33)34-14)19-12-20(15-7-9-17(30)10-8-15)29-23(28-19)18(13-26-29)24(32)27-16-5-3-2-4-6-16/h2-11,13,20,30-31H,12H2,1H3,(H,27,32)/t20-/m1/s1. The normalized spacial score (nSPS) is 14.9. The fourth-order valence-corrected chi connectivity index (χ4v) is 3.99. The zero-order valence-corrected chi connectivity index (χ0v) is 18.1. The van der Waals surface area contributed by atoms with E-state index in [1.807, 2.05) is 6.07 Å². The van der Waals surface area contributed by atoms with Gasteiger partial charge >= 0.3 is 5.63 Å². The first-order valence-corrected chi connectivity index (χ1v) is 10.5. The van der Waals surface area contributed by atoms with Crippen molar-refractivity contribution in [2.45, 2.75) is 19.4 Å². The molecule has 0 bridgehead atoms. The van der Waals surface area contributed by atoms with Crippen molar-refractivity contribution in [3.8, 4) is 11.5 Å². The fourth-order valence-electron chi connectivity index (χ4n) is 3.99. The lowest BCUT2D eigenvalue weighted by Gasteiger charge is -2.25. The minimum absolute atomic E-state index is 0.0590. The van der Waals surface area contributed by atoms with Gasteiger partial charge in [0.05, 0.1) is 18.0 Å². The quantitative estimate of drug-likeness (QED) is 0.427. The minimum Gasteiger partial charge on any atom is -0.508 e. The number of anilines is 1. The van der Waals surface area contributed by atoms with Crippen LogP contribution in [0.1, 0.15) is 39.7 Å². The summed E-state index contributed by atoms with van der Waals surface area (Å²) in [6, 6.07) is 16.4. The molecule has 9 heteroatoms. The monoisotopic (exact) mass is 456 g/mol. The maximum absolute atomic E-state index is 13.1. The Hall–Kier alpha value is -4.66. The first-order chi connectivity index (χ1) is 16.4. The molecule has 170 valence electrons. The Balaban J connectivity index is 1.64. The summed E-state index contributed by atoms with van der Waals surface area (Å²) in [5, 5.41) is 27.5. The van der Waals surface area contributed by atoms with Gasteiger partial charge in [-0.1, -0.05) is 30.3 Å². The predicted molar refractivity (Wildman–Crippen MR) is 125 cm³/mol. The molecule has 1 atom stereocenters. The van der Waals surface area contributed by atoms with Crippen LogP contribution < -0.4 is 10.9 Å². The summed E-state index contributed by atoms with van der Waals surface area (Å²) < 4.78 is 6.79. The number of aromatic nitrogens is 2. The van der Waals surface area contributed by atoms with Crippen LogP contribution in [0.3, 0.4) is 0 Å². The van der Waals surface area contributed by atoms with Crippen LogP contribution in [0.5, 0.6) is 11.5 Å². The number of amides is 1. The molecule has 0 aliphatic carbocycles. The molecule has 1 aliphatic rings. The summed E-state index contributed by atoms with van der Waals surface area (Å²) in [5.41, 5.74) is 1.09. The molecule has 2 aromatic heterocycles. The number of fused-ring (bicyclic) bond motifs is 1. The number of nitrogens with one attached hydrogen (secondary N) is 1. The highest BCUT2D eigenvalue weighted by Gasteiger charge is 2.32. The van der Waals surface area contributed by atoms with Crippen LogP contribution in [0.2, 0.25) is 0 Å². The summed E-state index contributed by atoms with van der Waals surface area (Å²) in [6.07, 6.45) is 1.63. The van der Waals surface area contributed by atoms with E-state index in [1.54, 1.807) is 60.1 Å². The molecule has 5 rings (SSSR count). The third kappa shape index (κ3) is 3.83. The van der Waals surface area contributed by atoms with Gasteiger partial charge in [-0.15, -0.1) is 0 Å². The molecule has 3 N–H and O–H groups in total. The summed E-state index contributed by atoms with van der Waals surface area (Å²) >= 11 is 0. The zero-order chi connectivity index (χ0) is 23.8. The van der Waals surface area contributed by atoms with Gasteiger partial charge in [0.2, 0.25) is 0 Å². The SMILES string of the molecule is Cc1cc(O)c(C2=Nc3c(C(=O)Nc4ccccc4)cnn3[C@@H](c3ccc(O)cc3)C2)c(=O)o1. The van der Waals surface area contributed by atoms with Crippen molar-refractivity contribution >= 4 is 23.1 Å². The number of phenols is 1. The number of hydrogen-bond acceptors (Lipinski definition) is 7. The molecule has 1 amide bonds. The number of carbonyl (C=O) groups is 1. The minimum atomic E-state index is -0.719. The van der Waals surface area contributed by atoms with Crippen molar-refractivity contribution in [2.75, 3.05) is 5.32 Å². The zero-order valence-electron chi connectivity index (χ0n) is 18.1. The first-order valence-electron chi connectivity index (χ1n) is 10.5. The van der Waals surface area contributed by atoms with Gasteiger partial charge in [0.1, 0.15) is 28.4 Å². The highest BCUT2D eigenvalue weighted by atomic mass is 16.4. The number of carbonyl (C=O) groups excluding carboxylic acids is 1. The molecule has 0 saturated carbocycles. The van der Waals surface area contributed by atoms with E-state index in [1.165, 1.54) is 12.3 Å². The van der Waals surface area contributed by atoms with E-state index in [0.717, 1.165) is 5.56 Å². The third-order valence-corrected chi connectivity index (χ3v) is 5.59. The molecular weight excluding hydrogens is 436 g/mol. The Kier molecular flexibility index (Phi) is 5.21. The third-order valence-electron chi connectivity index (χ3n) is 5.59. The Morgan fingerprint density at radius 3 is 2.56 bits per heavy atom. The van der Waals surface area contributed by atoms with Gasteiger partial charge in [-0.05, 0) is 36.8 Å². The second kappa shape index (κ2) is 8.36. The van der Waals surface area contributed by atoms with Crippen LogP contribution in [-0.4, -0.2) is 31.6 Å². The summed E-state index contributed by atoms with van der Waals surface area (Å²) in [4.78, 5) is 30.2. The van der Waals surface area contributed by atoms with Gasteiger partial charge < -0.3 is 19.9 Å². The number of aromatic hydroxyl groups is 2. The van der Waals surface area contributed by atoms with Gasteiger partial charge in [0.15, 0.2) is 5.82 Å². The fraction of sp³-hybridized carbons (Fsp3) is 0.120. The number of para-hydroxylation sites is 1.